The van der Waals surface area contributed by atoms with E-state index in [1.54, 1.807) is 37.3 Å². The van der Waals surface area contributed by atoms with Crippen LogP contribution in [0.2, 0.25) is 5.15 Å². The molecule has 1 fully saturated rings. The highest BCUT2D eigenvalue weighted by atomic mass is 79.9. The molecule has 0 radical (unpaired) electrons. The lowest BCUT2D eigenvalue weighted by Crippen LogP contribution is -2.42. The van der Waals surface area contributed by atoms with Crippen LogP contribution in [-0.2, 0) is 15.1 Å². The molecular weight excluding hydrogens is 424 g/mol. The lowest BCUT2D eigenvalue weighted by atomic mass is 9.92. The zero-order valence-electron chi connectivity index (χ0n) is 13.6. The first-order valence-corrected chi connectivity index (χ1v) is 8.79. The fraction of sp³-hybridized carbons (Fsp3) is 0.176. The van der Waals surface area contributed by atoms with Crippen molar-refractivity contribution in [3.05, 3.63) is 57.8 Å². The summed E-state index contributed by atoms with van der Waals surface area (Å²) in [6.07, 6.45) is 1.48. The number of aromatic nitrogens is 1. The largest absolute Gasteiger partial charge is 0.325 e. The van der Waals surface area contributed by atoms with E-state index in [2.05, 4.69) is 31.5 Å². The molecule has 4 amide bonds. The maximum absolute atomic E-state index is 12.8. The Morgan fingerprint density at radius 3 is 2.81 bits per heavy atom. The van der Waals surface area contributed by atoms with Gasteiger partial charge < -0.3 is 10.6 Å². The second-order valence-corrected chi connectivity index (χ2v) is 7.12. The van der Waals surface area contributed by atoms with E-state index in [1.807, 2.05) is 6.07 Å². The van der Waals surface area contributed by atoms with Crippen LogP contribution < -0.4 is 10.6 Å². The van der Waals surface area contributed by atoms with Gasteiger partial charge in [-0.2, -0.15) is 0 Å². The van der Waals surface area contributed by atoms with Crippen LogP contribution in [0.15, 0.2) is 47.1 Å². The number of rotatable bonds is 4. The zero-order chi connectivity index (χ0) is 18.9. The molecule has 2 aromatic rings. The average Bonchev–Trinajstić information content (AvgIpc) is 2.81. The molecule has 1 aliphatic rings. The normalized spacial score (nSPS) is 19.4. The van der Waals surface area contributed by atoms with E-state index in [1.165, 1.54) is 6.20 Å². The van der Waals surface area contributed by atoms with Crippen molar-refractivity contribution in [1.29, 1.82) is 0 Å². The van der Waals surface area contributed by atoms with E-state index >= 15 is 0 Å². The predicted octanol–water partition coefficient (Wildman–Crippen LogP) is 2.90. The molecule has 1 atom stereocenters. The molecule has 26 heavy (non-hydrogen) atoms. The van der Waals surface area contributed by atoms with Crippen molar-refractivity contribution in [1.82, 2.24) is 15.2 Å². The van der Waals surface area contributed by atoms with Gasteiger partial charge in [-0.3, -0.25) is 14.5 Å². The van der Waals surface area contributed by atoms with Crippen molar-refractivity contribution in [3.63, 3.8) is 0 Å². The summed E-state index contributed by atoms with van der Waals surface area (Å²) < 4.78 is 0.778. The van der Waals surface area contributed by atoms with E-state index in [-0.39, 0.29) is 5.15 Å². The number of hydrogen-bond donors (Lipinski definition) is 2. The zero-order valence-corrected chi connectivity index (χ0v) is 16.0. The van der Waals surface area contributed by atoms with Crippen molar-refractivity contribution in [2.45, 2.75) is 12.5 Å². The molecule has 1 aliphatic heterocycles. The van der Waals surface area contributed by atoms with Crippen LogP contribution in [0.4, 0.5) is 10.5 Å². The summed E-state index contributed by atoms with van der Waals surface area (Å²) in [5.74, 6) is -1.06. The number of carbonyl (C=O) groups excluding carboxylic acids is 3. The van der Waals surface area contributed by atoms with Crippen LogP contribution in [0.5, 0.6) is 0 Å². The van der Waals surface area contributed by atoms with Gasteiger partial charge in [0.2, 0.25) is 5.91 Å². The first-order chi connectivity index (χ1) is 12.3. The molecule has 134 valence electrons. The summed E-state index contributed by atoms with van der Waals surface area (Å²) in [7, 11) is 0. The Morgan fingerprint density at radius 1 is 1.35 bits per heavy atom. The molecule has 0 saturated carbocycles. The molecule has 2 heterocycles. The lowest BCUT2D eigenvalue weighted by Gasteiger charge is -2.22. The lowest BCUT2D eigenvalue weighted by molar-refractivity contribution is -0.133. The molecule has 0 bridgehead atoms. The first-order valence-electron chi connectivity index (χ1n) is 7.62. The number of anilines is 1. The van der Waals surface area contributed by atoms with Crippen molar-refractivity contribution in [2.75, 3.05) is 11.9 Å². The minimum Gasteiger partial charge on any atom is -0.322 e. The summed E-state index contributed by atoms with van der Waals surface area (Å²) in [5.41, 5.74) is -0.322. The topological polar surface area (TPSA) is 91.4 Å². The fourth-order valence-electron chi connectivity index (χ4n) is 2.65. The summed E-state index contributed by atoms with van der Waals surface area (Å²) in [5, 5.41) is 5.31. The van der Waals surface area contributed by atoms with E-state index in [9.17, 15) is 14.4 Å². The van der Waals surface area contributed by atoms with Crippen LogP contribution in [0.3, 0.4) is 0 Å². The summed E-state index contributed by atoms with van der Waals surface area (Å²) in [6.45, 7) is 1.17. The number of hydrogen-bond acceptors (Lipinski definition) is 4. The molecule has 1 aromatic heterocycles. The van der Waals surface area contributed by atoms with Gasteiger partial charge in [0.1, 0.15) is 12.1 Å². The van der Waals surface area contributed by atoms with Gasteiger partial charge in [0.05, 0.1) is 5.69 Å². The first kappa shape index (κ1) is 18.3. The van der Waals surface area contributed by atoms with Gasteiger partial charge in [0, 0.05) is 10.7 Å². The third-order valence-electron chi connectivity index (χ3n) is 4.01. The van der Waals surface area contributed by atoms with E-state index in [0.717, 1.165) is 9.37 Å². The number of nitrogens with one attached hydrogen (secondary N) is 2. The smallest absolute Gasteiger partial charge is 0.322 e. The quantitative estimate of drug-likeness (QED) is 0.568. The van der Waals surface area contributed by atoms with Crippen LogP contribution in [0.1, 0.15) is 12.5 Å². The number of imide groups is 1. The molecule has 0 unspecified atom stereocenters. The molecule has 0 aliphatic carbocycles. The standard InChI is InChI=1S/C17H14BrClN4O3/c1-17(10-4-2-5-11(18)8-10)15(25)23(16(26)22-17)9-13(24)21-12-6-3-7-20-14(12)19/h2-8H,9H2,1H3,(H,21,24)(H,22,26)/t17-/m1/s1. The SMILES string of the molecule is C[C@]1(c2cccc(Br)c2)NC(=O)N(CC(=O)Nc2cccnc2Cl)C1=O. The third kappa shape index (κ3) is 3.42. The monoisotopic (exact) mass is 436 g/mol. The predicted molar refractivity (Wildman–Crippen MR) is 99.6 cm³/mol. The summed E-state index contributed by atoms with van der Waals surface area (Å²) in [4.78, 5) is 42.1. The molecular formula is C17H14BrClN4O3. The van der Waals surface area contributed by atoms with Gasteiger partial charge in [0.15, 0.2) is 5.15 Å². The molecule has 7 nitrogen and oxygen atoms in total. The number of urea groups is 1. The van der Waals surface area contributed by atoms with E-state index < -0.39 is 29.9 Å². The highest BCUT2D eigenvalue weighted by molar-refractivity contribution is 9.10. The highest BCUT2D eigenvalue weighted by Gasteiger charge is 2.49. The minimum absolute atomic E-state index is 0.122. The van der Waals surface area contributed by atoms with Crippen LogP contribution in [0, 0.1) is 0 Å². The van der Waals surface area contributed by atoms with Crippen LogP contribution in [0.25, 0.3) is 0 Å². The van der Waals surface area contributed by atoms with Crippen molar-refractivity contribution in [3.8, 4) is 0 Å². The number of halogens is 2. The fourth-order valence-corrected chi connectivity index (χ4v) is 3.21. The Morgan fingerprint density at radius 2 is 2.12 bits per heavy atom. The Bertz CT molecular complexity index is 907. The number of nitrogens with zero attached hydrogens (tertiary/aromatic N) is 2. The van der Waals surface area contributed by atoms with Crippen LogP contribution >= 0.6 is 27.5 Å². The minimum atomic E-state index is -1.24. The Balaban J connectivity index is 1.77. The molecule has 1 saturated heterocycles. The van der Waals surface area contributed by atoms with Crippen molar-refractivity contribution >= 4 is 51.1 Å². The molecule has 2 N–H and O–H groups in total. The number of pyridine rings is 1. The van der Waals surface area contributed by atoms with Crippen molar-refractivity contribution < 1.29 is 14.4 Å². The second kappa shape index (κ2) is 7.05. The van der Waals surface area contributed by atoms with Gasteiger partial charge in [-0.1, -0.05) is 39.7 Å². The van der Waals surface area contributed by atoms with Gasteiger partial charge in [0.25, 0.3) is 5.91 Å². The van der Waals surface area contributed by atoms with Gasteiger partial charge >= 0.3 is 6.03 Å². The molecule has 9 heteroatoms. The maximum atomic E-state index is 12.8. The summed E-state index contributed by atoms with van der Waals surface area (Å²) >= 11 is 9.24. The summed E-state index contributed by atoms with van der Waals surface area (Å²) in [6, 6.07) is 9.62. The molecule has 3 rings (SSSR count). The van der Waals surface area contributed by atoms with Crippen molar-refractivity contribution in [2.24, 2.45) is 0 Å². The Kier molecular flexibility index (Phi) is 4.97. The number of amides is 4. The third-order valence-corrected chi connectivity index (χ3v) is 4.81. The van der Waals surface area contributed by atoms with Crippen LogP contribution in [-0.4, -0.2) is 34.3 Å². The maximum Gasteiger partial charge on any atom is 0.325 e. The number of benzene rings is 1. The van der Waals surface area contributed by atoms with E-state index in [4.69, 9.17) is 11.6 Å². The Labute approximate surface area is 162 Å². The molecule has 1 aromatic carbocycles. The number of carbonyl (C=O) groups is 3. The Hall–Kier alpha value is -2.45. The van der Waals surface area contributed by atoms with Gasteiger partial charge in [-0.05, 0) is 36.8 Å². The van der Waals surface area contributed by atoms with Gasteiger partial charge in [-0.25, -0.2) is 9.78 Å². The average molecular weight is 438 g/mol. The van der Waals surface area contributed by atoms with E-state index in [0.29, 0.717) is 11.3 Å². The van der Waals surface area contributed by atoms with Gasteiger partial charge in [-0.15, -0.1) is 0 Å². The second-order valence-electron chi connectivity index (χ2n) is 5.85. The highest BCUT2D eigenvalue weighted by Crippen LogP contribution is 2.30. The molecule has 0 spiro atoms.